The monoisotopic (exact) mass is 231 g/mol. The molecule has 2 aromatic rings. The zero-order valence-electron chi connectivity index (χ0n) is 9.03. The van der Waals surface area contributed by atoms with E-state index in [-0.39, 0.29) is 0 Å². The molecule has 0 bridgehead atoms. The number of nitrogens with zero attached hydrogens (tertiary/aromatic N) is 3. The van der Waals surface area contributed by atoms with Gasteiger partial charge < -0.3 is 4.57 Å². The highest BCUT2D eigenvalue weighted by atomic mass is 35.5. The minimum Gasteiger partial charge on any atom is -0.319 e. The van der Waals surface area contributed by atoms with E-state index >= 15 is 0 Å². The average Bonchev–Trinajstić information content (AvgIpc) is 2.54. The van der Waals surface area contributed by atoms with Crippen molar-refractivity contribution in [3.8, 4) is 17.5 Å². The van der Waals surface area contributed by atoms with Gasteiger partial charge >= 0.3 is 0 Å². The molecule has 0 saturated heterocycles. The van der Waals surface area contributed by atoms with Crippen LogP contribution in [0.1, 0.15) is 11.4 Å². The smallest absolute Gasteiger partial charge is 0.143 e. The molecule has 16 heavy (non-hydrogen) atoms. The maximum Gasteiger partial charge on any atom is 0.143 e. The first-order chi connectivity index (χ1) is 7.63. The van der Waals surface area contributed by atoms with Crippen LogP contribution in [-0.4, -0.2) is 9.55 Å². The summed E-state index contributed by atoms with van der Waals surface area (Å²) in [6.45, 7) is 1.83. The molecule has 0 N–H and O–H groups in total. The van der Waals surface area contributed by atoms with Crippen LogP contribution in [0.15, 0.2) is 24.3 Å². The minimum absolute atomic E-state index is 0.579. The molecule has 0 spiro atoms. The van der Waals surface area contributed by atoms with Crippen LogP contribution in [0, 0.1) is 18.3 Å². The first-order valence-electron chi connectivity index (χ1n) is 4.83. The third-order valence-corrected chi connectivity index (χ3v) is 2.69. The SMILES string of the molecule is Cc1nc(-c2cccc(Cl)c2)n(C)c1C#N. The van der Waals surface area contributed by atoms with Gasteiger partial charge in [0.25, 0.3) is 0 Å². The molecule has 0 fully saturated rings. The van der Waals surface area contributed by atoms with E-state index < -0.39 is 0 Å². The Bertz CT molecular complexity index is 578. The predicted octanol–water partition coefficient (Wildman–Crippen LogP) is 2.92. The Morgan fingerprint density at radius 1 is 1.44 bits per heavy atom. The molecule has 1 aromatic heterocycles. The number of aryl methyl sites for hydroxylation is 1. The highest BCUT2D eigenvalue weighted by Gasteiger charge is 2.12. The highest BCUT2D eigenvalue weighted by Crippen LogP contribution is 2.23. The summed E-state index contributed by atoms with van der Waals surface area (Å²) in [6, 6.07) is 9.58. The Kier molecular flexibility index (Phi) is 2.67. The van der Waals surface area contributed by atoms with E-state index in [9.17, 15) is 0 Å². The first-order valence-corrected chi connectivity index (χ1v) is 5.20. The second-order valence-corrected chi connectivity index (χ2v) is 3.99. The highest BCUT2D eigenvalue weighted by molar-refractivity contribution is 6.30. The molecule has 0 aliphatic carbocycles. The summed E-state index contributed by atoms with van der Waals surface area (Å²) in [6.07, 6.45) is 0. The van der Waals surface area contributed by atoms with E-state index in [2.05, 4.69) is 11.1 Å². The Morgan fingerprint density at radius 3 is 2.75 bits per heavy atom. The van der Waals surface area contributed by atoms with E-state index in [1.165, 1.54) is 0 Å². The largest absolute Gasteiger partial charge is 0.319 e. The molecule has 0 saturated carbocycles. The normalized spacial score (nSPS) is 10.1. The lowest BCUT2D eigenvalue weighted by atomic mass is 10.2. The van der Waals surface area contributed by atoms with Crippen molar-refractivity contribution in [1.82, 2.24) is 9.55 Å². The van der Waals surface area contributed by atoms with E-state index in [0.29, 0.717) is 10.7 Å². The number of benzene rings is 1. The summed E-state index contributed by atoms with van der Waals surface area (Å²) in [5, 5.41) is 9.64. The van der Waals surface area contributed by atoms with Gasteiger partial charge in [-0.2, -0.15) is 5.26 Å². The van der Waals surface area contributed by atoms with Crippen LogP contribution >= 0.6 is 11.6 Å². The first kappa shape index (κ1) is 10.7. The lowest BCUT2D eigenvalue weighted by molar-refractivity contribution is 0.906. The maximum absolute atomic E-state index is 8.98. The van der Waals surface area contributed by atoms with Crippen LogP contribution in [0.25, 0.3) is 11.4 Å². The fraction of sp³-hybridized carbons (Fsp3) is 0.167. The number of hydrogen-bond acceptors (Lipinski definition) is 2. The van der Waals surface area contributed by atoms with Gasteiger partial charge in [0.2, 0.25) is 0 Å². The van der Waals surface area contributed by atoms with Crippen molar-refractivity contribution in [3.63, 3.8) is 0 Å². The molecule has 80 valence electrons. The number of imidazole rings is 1. The van der Waals surface area contributed by atoms with Gasteiger partial charge in [0.15, 0.2) is 0 Å². The lowest BCUT2D eigenvalue weighted by Gasteiger charge is -2.02. The molecular weight excluding hydrogens is 222 g/mol. The van der Waals surface area contributed by atoms with Gasteiger partial charge in [-0.05, 0) is 19.1 Å². The van der Waals surface area contributed by atoms with Crippen molar-refractivity contribution in [3.05, 3.63) is 40.7 Å². The zero-order chi connectivity index (χ0) is 11.7. The van der Waals surface area contributed by atoms with Gasteiger partial charge in [-0.3, -0.25) is 0 Å². The van der Waals surface area contributed by atoms with E-state index in [1.807, 2.05) is 38.2 Å². The van der Waals surface area contributed by atoms with Gasteiger partial charge in [0, 0.05) is 17.6 Å². The van der Waals surface area contributed by atoms with Crippen molar-refractivity contribution >= 4 is 11.6 Å². The van der Waals surface area contributed by atoms with E-state index in [0.717, 1.165) is 17.1 Å². The van der Waals surface area contributed by atoms with Crippen molar-refractivity contribution < 1.29 is 0 Å². The number of halogens is 1. The van der Waals surface area contributed by atoms with Crippen molar-refractivity contribution in [2.75, 3.05) is 0 Å². The van der Waals surface area contributed by atoms with Crippen LogP contribution in [0.5, 0.6) is 0 Å². The number of aromatic nitrogens is 2. The molecule has 2 rings (SSSR count). The molecule has 0 unspecified atom stereocenters. The summed E-state index contributed by atoms with van der Waals surface area (Å²) in [5.74, 6) is 0.761. The summed E-state index contributed by atoms with van der Waals surface area (Å²) in [4.78, 5) is 4.37. The van der Waals surface area contributed by atoms with Crippen molar-refractivity contribution in [2.45, 2.75) is 6.92 Å². The summed E-state index contributed by atoms with van der Waals surface area (Å²) >= 11 is 5.93. The molecule has 1 aromatic carbocycles. The Hall–Kier alpha value is -1.79. The van der Waals surface area contributed by atoms with Crippen LogP contribution in [0.3, 0.4) is 0 Å². The molecule has 3 nitrogen and oxygen atoms in total. The zero-order valence-corrected chi connectivity index (χ0v) is 9.78. The summed E-state index contributed by atoms with van der Waals surface area (Å²) in [7, 11) is 1.83. The molecular formula is C12H10ClN3. The number of hydrogen-bond donors (Lipinski definition) is 0. The predicted molar refractivity (Wildman–Crippen MR) is 63.1 cm³/mol. The fourth-order valence-corrected chi connectivity index (χ4v) is 1.87. The number of rotatable bonds is 1. The fourth-order valence-electron chi connectivity index (χ4n) is 1.68. The van der Waals surface area contributed by atoms with Crippen molar-refractivity contribution in [2.24, 2.45) is 7.05 Å². The van der Waals surface area contributed by atoms with Gasteiger partial charge in [-0.15, -0.1) is 0 Å². The van der Waals surface area contributed by atoms with Crippen LogP contribution < -0.4 is 0 Å². The third-order valence-electron chi connectivity index (χ3n) is 2.46. The minimum atomic E-state index is 0.579. The molecule has 0 aliphatic rings. The molecule has 0 atom stereocenters. The maximum atomic E-state index is 8.98. The van der Waals surface area contributed by atoms with Gasteiger partial charge in [0.1, 0.15) is 17.6 Å². The van der Waals surface area contributed by atoms with Crippen LogP contribution in [0.2, 0.25) is 5.02 Å². The second-order valence-electron chi connectivity index (χ2n) is 3.55. The van der Waals surface area contributed by atoms with E-state index in [4.69, 9.17) is 16.9 Å². The van der Waals surface area contributed by atoms with Gasteiger partial charge in [-0.25, -0.2) is 4.98 Å². The van der Waals surface area contributed by atoms with E-state index in [1.54, 1.807) is 4.57 Å². The Balaban J connectivity index is 2.62. The molecule has 0 radical (unpaired) electrons. The van der Waals surface area contributed by atoms with Crippen LogP contribution in [0.4, 0.5) is 0 Å². The standard InChI is InChI=1S/C12H10ClN3/c1-8-11(7-14)16(2)12(15-8)9-4-3-5-10(13)6-9/h3-6H,1-2H3. The van der Waals surface area contributed by atoms with Gasteiger partial charge in [-0.1, -0.05) is 23.7 Å². The molecule has 0 amide bonds. The Labute approximate surface area is 98.9 Å². The van der Waals surface area contributed by atoms with Crippen LogP contribution in [-0.2, 0) is 7.05 Å². The molecule has 0 aliphatic heterocycles. The topological polar surface area (TPSA) is 41.6 Å². The Morgan fingerprint density at radius 2 is 2.19 bits per heavy atom. The lowest BCUT2D eigenvalue weighted by Crippen LogP contribution is -1.95. The third kappa shape index (κ3) is 1.68. The molecule has 1 heterocycles. The number of nitriles is 1. The summed E-state index contributed by atoms with van der Waals surface area (Å²) < 4.78 is 1.78. The average molecular weight is 232 g/mol. The molecule has 4 heteroatoms. The second kappa shape index (κ2) is 3.99. The summed E-state index contributed by atoms with van der Waals surface area (Å²) in [5.41, 5.74) is 2.23. The quantitative estimate of drug-likeness (QED) is 0.757. The van der Waals surface area contributed by atoms with Crippen molar-refractivity contribution in [1.29, 1.82) is 5.26 Å². The van der Waals surface area contributed by atoms with Gasteiger partial charge in [0.05, 0.1) is 5.69 Å².